The molecule has 1 aliphatic heterocycles. The number of anilines is 1. The van der Waals surface area contributed by atoms with Crippen LogP contribution in [-0.4, -0.2) is 21.8 Å². The number of nitrogens with one attached hydrogen (secondary N) is 2. The molecular weight excluding hydrogens is 294 g/mol. The fourth-order valence-corrected chi connectivity index (χ4v) is 2.73. The van der Waals surface area contributed by atoms with Crippen molar-refractivity contribution in [3.8, 4) is 0 Å². The molecule has 2 heterocycles. The van der Waals surface area contributed by atoms with E-state index in [2.05, 4.69) is 15.3 Å². The summed E-state index contributed by atoms with van der Waals surface area (Å²) in [5.41, 5.74) is 2.90. The van der Waals surface area contributed by atoms with Gasteiger partial charge in [-0.2, -0.15) is 0 Å². The topological polar surface area (TPSA) is 84.1 Å². The molecule has 6 nitrogen and oxygen atoms in total. The Kier molecular flexibility index (Phi) is 3.08. The zero-order valence-corrected chi connectivity index (χ0v) is 12.1. The molecule has 23 heavy (non-hydrogen) atoms. The molecule has 0 aliphatic carbocycles. The van der Waals surface area contributed by atoms with Crippen LogP contribution in [0.2, 0.25) is 0 Å². The molecule has 0 radical (unpaired) electrons. The minimum absolute atomic E-state index is 0.0554. The van der Waals surface area contributed by atoms with Crippen LogP contribution in [0, 0.1) is 0 Å². The van der Waals surface area contributed by atoms with Crippen molar-refractivity contribution in [2.24, 2.45) is 0 Å². The molecule has 3 aromatic rings. The van der Waals surface area contributed by atoms with E-state index in [0.29, 0.717) is 11.5 Å². The predicted octanol–water partition coefficient (Wildman–Crippen LogP) is 2.80. The smallest absolute Gasteiger partial charge is 0.339 e. The van der Waals surface area contributed by atoms with Gasteiger partial charge in [0.05, 0.1) is 23.0 Å². The van der Waals surface area contributed by atoms with Crippen molar-refractivity contribution >= 4 is 28.9 Å². The molecule has 114 valence electrons. The lowest BCUT2D eigenvalue weighted by Crippen LogP contribution is -2.16. The van der Waals surface area contributed by atoms with Crippen molar-refractivity contribution in [2.75, 3.05) is 5.32 Å². The number of imidazole rings is 1. The number of amides is 1. The highest BCUT2D eigenvalue weighted by atomic mass is 16.5. The molecule has 0 spiro atoms. The van der Waals surface area contributed by atoms with Gasteiger partial charge in [-0.25, -0.2) is 9.78 Å². The van der Waals surface area contributed by atoms with Crippen LogP contribution in [0.1, 0.15) is 28.4 Å². The molecule has 0 saturated carbocycles. The number of carbonyl (C=O) groups is 2. The van der Waals surface area contributed by atoms with E-state index in [4.69, 9.17) is 4.74 Å². The first-order valence-electron chi connectivity index (χ1n) is 7.25. The van der Waals surface area contributed by atoms with Crippen LogP contribution in [0.3, 0.4) is 0 Å². The summed E-state index contributed by atoms with van der Waals surface area (Å²) in [5.74, 6) is -0.269. The standard InChI is InChI=1S/C17H13N3O3/c21-15(20-17-18-12-7-3-4-8-13(12)19-17)9-14-10-5-1-2-6-11(10)16(22)23-14/h1-8,14H,9H2,(H2,18,19,20,21)/t14-/m0/s1. The SMILES string of the molecule is O=C(C[C@@H]1OC(=O)c2ccccc21)Nc1nc2ccccc2[nH]1. The Hall–Kier alpha value is -3.15. The van der Waals surface area contributed by atoms with E-state index in [1.165, 1.54) is 0 Å². The first-order valence-corrected chi connectivity index (χ1v) is 7.25. The van der Waals surface area contributed by atoms with Crippen LogP contribution in [0.15, 0.2) is 48.5 Å². The van der Waals surface area contributed by atoms with E-state index in [-0.39, 0.29) is 18.3 Å². The van der Waals surface area contributed by atoms with E-state index in [1.54, 1.807) is 18.2 Å². The number of H-pyrrole nitrogens is 1. The summed E-state index contributed by atoms with van der Waals surface area (Å²) < 4.78 is 5.27. The lowest BCUT2D eigenvalue weighted by atomic mass is 10.0. The second-order valence-electron chi connectivity index (χ2n) is 5.34. The molecule has 6 heteroatoms. The zero-order chi connectivity index (χ0) is 15.8. The van der Waals surface area contributed by atoms with Crippen molar-refractivity contribution in [3.05, 3.63) is 59.7 Å². The number of rotatable bonds is 3. The average molecular weight is 307 g/mol. The quantitative estimate of drug-likeness (QED) is 0.729. The highest BCUT2D eigenvalue weighted by molar-refractivity contribution is 5.96. The van der Waals surface area contributed by atoms with Gasteiger partial charge in [0, 0.05) is 5.56 Å². The molecule has 0 saturated heterocycles. The summed E-state index contributed by atoms with van der Waals surface area (Å²) in [4.78, 5) is 31.3. The Labute approximate surface area is 131 Å². The fraction of sp³-hybridized carbons (Fsp3) is 0.118. The summed E-state index contributed by atoms with van der Waals surface area (Å²) in [6.07, 6.45) is -0.497. The van der Waals surface area contributed by atoms with Gasteiger partial charge in [0.1, 0.15) is 6.10 Å². The highest BCUT2D eigenvalue weighted by Crippen LogP contribution is 2.32. The molecule has 1 amide bonds. The Bertz CT molecular complexity index is 883. The second kappa shape index (κ2) is 5.24. The molecule has 4 rings (SSSR count). The first kappa shape index (κ1) is 13.5. The molecule has 0 unspecified atom stereocenters. The Morgan fingerprint density at radius 3 is 2.83 bits per heavy atom. The van der Waals surface area contributed by atoms with E-state index in [9.17, 15) is 9.59 Å². The molecule has 0 fully saturated rings. The van der Waals surface area contributed by atoms with Crippen molar-refractivity contribution in [3.63, 3.8) is 0 Å². The maximum absolute atomic E-state index is 12.2. The average Bonchev–Trinajstić information content (AvgIpc) is 3.09. The van der Waals surface area contributed by atoms with E-state index >= 15 is 0 Å². The van der Waals surface area contributed by atoms with Gasteiger partial charge in [-0.3, -0.25) is 10.1 Å². The van der Waals surface area contributed by atoms with Crippen LogP contribution in [-0.2, 0) is 9.53 Å². The second-order valence-corrected chi connectivity index (χ2v) is 5.34. The summed E-state index contributed by atoms with van der Waals surface area (Å²) in [6.45, 7) is 0. The van der Waals surface area contributed by atoms with E-state index in [0.717, 1.165) is 16.6 Å². The van der Waals surface area contributed by atoms with Crippen molar-refractivity contribution in [2.45, 2.75) is 12.5 Å². The maximum atomic E-state index is 12.2. The Balaban J connectivity index is 1.49. The number of carbonyl (C=O) groups excluding carboxylic acids is 2. The van der Waals surface area contributed by atoms with E-state index in [1.807, 2.05) is 30.3 Å². The molecular formula is C17H13N3O3. The minimum atomic E-state index is -0.553. The number of esters is 1. The summed E-state index contributed by atoms with van der Waals surface area (Å²) in [6, 6.07) is 14.6. The molecule has 2 N–H and O–H groups in total. The van der Waals surface area contributed by atoms with Crippen LogP contribution in [0.4, 0.5) is 5.95 Å². The molecule has 2 aromatic carbocycles. The van der Waals surface area contributed by atoms with Crippen molar-refractivity contribution in [1.82, 2.24) is 9.97 Å². The third-order valence-electron chi connectivity index (χ3n) is 3.79. The van der Waals surface area contributed by atoms with Gasteiger partial charge >= 0.3 is 5.97 Å². The van der Waals surface area contributed by atoms with Crippen LogP contribution < -0.4 is 5.32 Å². The largest absolute Gasteiger partial charge is 0.453 e. The third-order valence-corrected chi connectivity index (χ3v) is 3.79. The number of benzene rings is 2. The summed E-state index contributed by atoms with van der Waals surface area (Å²) in [7, 11) is 0. The molecule has 1 atom stereocenters. The molecule has 1 aliphatic rings. The Morgan fingerprint density at radius 2 is 1.96 bits per heavy atom. The van der Waals surface area contributed by atoms with Crippen LogP contribution >= 0.6 is 0 Å². The van der Waals surface area contributed by atoms with Gasteiger partial charge in [0.15, 0.2) is 0 Å². The number of para-hydroxylation sites is 2. The highest BCUT2D eigenvalue weighted by Gasteiger charge is 2.32. The zero-order valence-electron chi connectivity index (χ0n) is 12.1. The number of fused-ring (bicyclic) bond motifs is 2. The minimum Gasteiger partial charge on any atom is -0.453 e. The van der Waals surface area contributed by atoms with Gasteiger partial charge < -0.3 is 9.72 Å². The van der Waals surface area contributed by atoms with Crippen molar-refractivity contribution < 1.29 is 14.3 Å². The third kappa shape index (κ3) is 2.44. The van der Waals surface area contributed by atoms with Gasteiger partial charge in [0.2, 0.25) is 11.9 Å². The number of hydrogen-bond acceptors (Lipinski definition) is 4. The van der Waals surface area contributed by atoms with Gasteiger partial charge in [-0.05, 0) is 18.2 Å². The number of hydrogen-bond donors (Lipinski definition) is 2. The fourth-order valence-electron chi connectivity index (χ4n) is 2.73. The lowest BCUT2D eigenvalue weighted by molar-refractivity contribution is -0.118. The van der Waals surface area contributed by atoms with Crippen LogP contribution in [0.25, 0.3) is 11.0 Å². The van der Waals surface area contributed by atoms with Crippen molar-refractivity contribution in [1.29, 1.82) is 0 Å². The van der Waals surface area contributed by atoms with Crippen LogP contribution in [0.5, 0.6) is 0 Å². The van der Waals surface area contributed by atoms with E-state index < -0.39 is 6.10 Å². The summed E-state index contributed by atoms with van der Waals surface area (Å²) in [5, 5.41) is 2.71. The number of cyclic esters (lactones) is 1. The molecule has 0 bridgehead atoms. The number of aromatic amines is 1. The lowest BCUT2D eigenvalue weighted by Gasteiger charge is -2.09. The number of aromatic nitrogens is 2. The molecule has 1 aromatic heterocycles. The number of nitrogens with zero attached hydrogens (tertiary/aromatic N) is 1. The normalized spacial score (nSPS) is 16.2. The van der Waals surface area contributed by atoms with Gasteiger partial charge in [-0.1, -0.05) is 30.3 Å². The van der Waals surface area contributed by atoms with Gasteiger partial charge in [0.25, 0.3) is 0 Å². The first-order chi connectivity index (χ1) is 11.2. The Morgan fingerprint density at radius 1 is 1.17 bits per heavy atom. The monoisotopic (exact) mass is 307 g/mol. The number of ether oxygens (including phenoxy) is 1. The maximum Gasteiger partial charge on any atom is 0.339 e. The van der Waals surface area contributed by atoms with Gasteiger partial charge in [-0.15, -0.1) is 0 Å². The summed E-state index contributed by atoms with van der Waals surface area (Å²) >= 11 is 0. The predicted molar refractivity (Wildman–Crippen MR) is 83.9 cm³/mol.